The first-order valence-electron chi connectivity index (χ1n) is 11.4. The average Bonchev–Trinajstić information content (AvgIpc) is 2.76. The zero-order chi connectivity index (χ0) is 23.6. The molecule has 1 aromatic carbocycles. The van der Waals surface area contributed by atoms with Gasteiger partial charge in [-0.1, -0.05) is 42.0 Å². The molecular weight excluding hydrogens is 412 g/mol. The molecule has 2 atom stereocenters. The summed E-state index contributed by atoms with van der Waals surface area (Å²) >= 11 is 0. The topological polar surface area (TPSA) is 71.5 Å². The van der Waals surface area contributed by atoms with Crippen LogP contribution >= 0.6 is 0 Å². The summed E-state index contributed by atoms with van der Waals surface area (Å²) < 4.78 is 5.37. The van der Waals surface area contributed by atoms with Gasteiger partial charge in [0.05, 0.1) is 11.7 Å². The normalized spacial score (nSPS) is 23.2. The molecule has 0 spiro atoms. The van der Waals surface area contributed by atoms with Crippen LogP contribution in [0.25, 0.3) is 6.08 Å². The van der Waals surface area contributed by atoms with Gasteiger partial charge in [-0.3, -0.25) is 9.79 Å². The van der Waals surface area contributed by atoms with Crippen molar-refractivity contribution in [3.63, 3.8) is 0 Å². The number of benzene rings is 1. The van der Waals surface area contributed by atoms with Crippen LogP contribution in [0.5, 0.6) is 0 Å². The van der Waals surface area contributed by atoms with E-state index in [-0.39, 0.29) is 23.6 Å². The van der Waals surface area contributed by atoms with E-state index in [1.54, 1.807) is 12.1 Å². The number of nitrogens with zero attached hydrogens (tertiary/aromatic N) is 1. The maximum atomic E-state index is 12.4. The van der Waals surface area contributed by atoms with Crippen molar-refractivity contribution in [2.45, 2.75) is 52.2 Å². The van der Waals surface area contributed by atoms with E-state index in [0.29, 0.717) is 5.56 Å². The number of aromatic amines is 1. The Morgan fingerprint density at radius 3 is 2.79 bits per heavy atom. The lowest BCUT2D eigenvalue weighted by atomic mass is 9.63. The molecule has 5 heteroatoms. The molecule has 2 aromatic rings. The Bertz CT molecular complexity index is 1250. The number of fused-ring (bicyclic) bond motifs is 4. The fraction of sp³-hybridized carbons (Fsp3) is 0.321. The smallest absolute Gasteiger partial charge is 0.338 e. The highest BCUT2D eigenvalue weighted by Gasteiger charge is 2.46. The summed E-state index contributed by atoms with van der Waals surface area (Å²) in [6, 6.07) is 10.9. The van der Waals surface area contributed by atoms with Crippen molar-refractivity contribution in [2.75, 3.05) is 0 Å². The number of hydrogen-bond donors (Lipinski definition) is 1. The van der Waals surface area contributed by atoms with Gasteiger partial charge in [-0.05, 0) is 63.5 Å². The minimum absolute atomic E-state index is 0.0830. The zero-order valence-electron chi connectivity index (χ0n) is 19.6. The van der Waals surface area contributed by atoms with E-state index in [4.69, 9.17) is 9.73 Å². The molecule has 2 aliphatic carbocycles. The maximum absolute atomic E-state index is 12.4. The van der Waals surface area contributed by atoms with Crippen LogP contribution < -0.4 is 5.56 Å². The molecule has 0 saturated carbocycles. The highest BCUT2D eigenvalue weighted by Crippen LogP contribution is 2.51. The van der Waals surface area contributed by atoms with Crippen LogP contribution in [0.3, 0.4) is 0 Å². The molecule has 1 heterocycles. The first-order valence-corrected chi connectivity index (χ1v) is 11.4. The van der Waals surface area contributed by atoms with Crippen molar-refractivity contribution in [3.8, 4) is 0 Å². The highest BCUT2D eigenvalue weighted by molar-refractivity contribution is 5.94. The van der Waals surface area contributed by atoms with Gasteiger partial charge in [0.2, 0.25) is 5.56 Å². The number of allylic oxidation sites excluding steroid dienone is 3. The third-order valence-electron chi connectivity index (χ3n) is 6.26. The third-order valence-corrected chi connectivity index (χ3v) is 6.26. The van der Waals surface area contributed by atoms with Crippen molar-refractivity contribution in [3.05, 3.63) is 98.5 Å². The molecule has 5 nitrogen and oxygen atoms in total. The Kier molecular flexibility index (Phi) is 6.32. The first-order chi connectivity index (χ1) is 15.8. The Morgan fingerprint density at radius 2 is 2.03 bits per heavy atom. The van der Waals surface area contributed by atoms with Crippen molar-refractivity contribution in [2.24, 2.45) is 10.9 Å². The van der Waals surface area contributed by atoms with Gasteiger partial charge in [0.1, 0.15) is 5.54 Å². The molecule has 2 unspecified atom stereocenters. The van der Waals surface area contributed by atoms with E-state index < -0.39 is 5.54 Å². The van der Waals surface area contributed by atoms with Crippen molar-refractivity contribution >= 4 is 18.3 Å². The second kappa shape index (κ2) is 9.18. The SMILES string of the molecule is CC=C1C2C=C(C)CC1(N=CC=Cc1ccccc1C(=O)OC(C)C)c1ccc(=O)[nH]c1C2. The Balaban J connectivity index is 1.71. The van der Waals surface area contributed by atoms with E-state index in [0.717, 1.165) is 29.7 Å². The number of H-pyrrole nitrogens is 1. The standard InChI is InChI=1S/C28H30N2O3/c1-5-23-21-15-19(4)17-28(23,24-12-13-26(31)30-25(24)16-21)29-14-8-10-20-9-6-7-11-22(20)27(32)33-18(2)3/h5-15,18,21H,16-17H2,1-4H3,(H,30,31). The first kappa shape index (κ1) is 22.7. The molecule has 4 rings (SSSR count). The van der Waals surface area contributed by atoms with Crippen LogP contribution in [-0.4, -0.2) is 23.3 Å². The van der Waals surface area contributed by atoms with Crippen LogP contribution in [0.4, 0.5) is 0 Å². The van der Waals surface area contributed by atoms with Gasteiger partial charge >= 0.3 is 5.97 Å². The molecule has 170 valence electrons. The molecule has 0 saturated heterocycles. The second-order valence-corrected chi connectivity index (χ2v) is 9.00. The van der Waals surface area contributed by atoms with E-state index in [9.17, 15) is 9.59 Å². The van der Waals surface area contributed by atoms with E-state index in [1.807, 2.05) is 56.5 Å². The molecule has 1 N–H and O–H groups in total. The van der Waals surface area contributed by atoms with Crippen LogP contribution in [0, 0.1) is 5.92 Å². The van der Waals surface area contributed by atoms with E-state index in [1.165, 1.54) is 11.1 Å². The van der Waals surface area contributed by atoms with Gasteiger partial charge in [0.25, 0.3) is 0 Å². The zero-order valence-corrected chi connectivity index (χ0v) is 19.6. The second-order valence-electron chi connectivity index (χ2n) is 9.00. The maximum Gasteiger partial charge on any atom is 0.338 e. The van der Waals surface area contributed by atoms with Gasteiger partial charge in [-0.15, -0.1) is 0 Å². The number of hydrogen-bond acceptors (Lipinski definition) is 4. The van der Waals surface area contributed by atoms with Crippen LogP contribution in [-0.2, 0) is 16.7 Å². The fourth-order valence-electron chi connectivity index (χ4n) is 5.08. The fourth-order valence-corrected chi connectivity index (χ4v) is 5.08. The molecule has 33 heavy (non-hydrogen) atoms. The molecule has 0 radical (unpaired) electrons. The van der Waals surface area contributed by atoms with E-state index >= 15 is 0 Å². The largest absolute Gasteiger partial charge is 0.459 e. The number of carbonyl (C=O) groups excluding carboxylic acids is 1. The lowest BCUT2D eigenvalue weighted by Crippen LogP contribution is -2.40. The van der Waals surface area contributed by atoms with Gasteiger partial charge in [-0.2, -0.15) is 0 Å². The quantitative estimate of drug-likeness (QED) is 0.383. The number of rotatable bonds is 5. The van der Waals surface area contributed by atoms with Gasteiger partial charge < -0.3 is 9.72 Å². The Morgan fingerprint density at radius 1 is 1.24 bits per heavy atom. The van der Waals surface area contributed by atoms with Crippen LogP contribution in [0.1, 0.15) is 61.3 Å². The summed E-state index contributed by atoms with van der Waals surface area (Å²) in [6.45, 7) is 7.88. The lowest BCUT2D eigenvalue weighted by molar-refractivity contribution is 0.0377. The summed E-state index contributed by atoms with van der Waals surface area (Å²) in [4.78, 5) is 32.6. The minimum atomic E-state index is -0.531. The lowest BCUT2D eigenvalue weighted by Gasteiger charge is -2.45. The number of pyridine rings is 1. The summed E-state index contributed by atoms with van der Waals surface area (Å²) in [5.41, 5.74) is 5.28. The van der Waals surface area contributed by atoms with Gasteiger partial charge in [0, 0.05) is 35.9 Å². The molecule has 0 fully saturated rings. The van der Waals surface area contributed by atoms with Gasteiger partial charge in [0.15, 0.2) is 0 Å². The summed E-state index contributed by atoms with van der Waals surface area (Å²) in [5.74, 6) is -0.111. The third kappa shape index (κ3) is 4.40. The summed E-state index contributed by atoms with van der Waals surface area (Å²) in [7, 11) is 0. The molecule has 2 bridgehead atoms. The number of nitrogens with one attached hydrogen (secondary N) is 1. The molecular formula is C28H30N2O3. The predicted octanol–water partition coefficient (Wildman–Crippen LogP) is 5.39. The predicted molar refractivity (Wildman–Crippen MR) is 133 cm³/mol. The van der Waals surface area contributed by atoms with Gasteiger partial charge in [-0.25, -0.2) is 4.79 Å². The monoisotopic (exact) mass is 442 g/mol. The van der Waals surface area contributed by atoms with Crippen molar-refractivity contribution in [1.82, 2.24) is 4.98 Å². The van der Waals surface area contributed by atoms with Crippen molar-refractivity contribution < 1.29 is 9.53 Å². The Hall–Kier alpha value is -3.47. The number of ether oxygens (including phenoxy) is 1. The average molecular weight is 443 g/mol. The number of esters is 1. The highest BCUT2D eigenvalue weighted by atomic mass is 16.5. The Labute approximate surface area is 194 Å². The van der Waals surface area contributed by atoms with Crippen LogP contribution in [0.15, 0.2) is 75.6 Å². The van der Waals surface area contributed by atoms with Crippen molar-refractivity contribution in [1.29, 1.82) is 0 Å². The summed E-state index contributed by atoms with van der Waals surface area (Å²) in [5, 5.41) is 0. The molecule has 0 aliphatic heterocycles. The molecule has 0 amide bonds. The molecule has 1 aromatic heterocycles. The van der Waals surface area contributed by atoms with E-state index in [2.05, 4.69) is 31.0 Å². The number of carbonyl (C=O) groups is 1. The van der Waals surface area contributed by atoms with Crippen LogP contribution in [0.2, 0.25) is 0 Å². The summed E-state index contributed by atoms with van der Waals surface area (Å²) in [6.07, 6.45) is 11.4. The molecule has 2 aliphatic rings. The number of aromatic nitrogens is 1. The number of aliphatic imine (C=N–C) groups is 1. The minimum Gasteiger partial charge on any atom is -0.459 e.